The minimum atomic E-state index is -1.05. The van der Waals surface area contributed by atoms with E-state index in [4.69, 9.17) is 16.7 Å². The Balaban J connectivity index is 3.42. The molecule has 0 aliphatic carbocycles. The van der Waals surface area contributed by atoms with E-state index in [0.29, 0.717) is 0 Å². The van der Waals surface area contributed by atoms with Crippen LogP contribution >= 0.6 is 11.6 Å². The molecule has 0 rings (SSSR count). The predicted octanol–water partition coefficient (Wildman–Crippen LogP) is 4.21. The quantitative estimate of drug-likeness (QED) is 0.365. The second-order valence-electron chi connectivity index (χ2n) is 4.38. The summed E-state index contributed by atoms with van der Waals surface area (Å²) in [5.41, 5.74) is -0.465. The van der Waals surface area contributed by atoms with Gasteiger partial charge in [0.1, 0.15) is 5.50 Å². The Morgan fingerprint density at radius 1 is 1.25 bits per heavy atom. The molecule has 0 aliphatic heterocycles. The highest BCUT2D eigenvalue weighted by Crippen LogP contribution is 2.17. The van der Waals surface area contributed by atoms with Crippen molar-refractivity contribution >= 4 is 17.7 Å². The second kappa shape index (κ2) is 9.76. The van der Waals surface area contributed by atoms with E-state index in [-0.39, 0.29) is 5.92 Å². The van der Waals surface area contributed by atoms with E-state index in [1.807, 2.05) is 6.92 Å². The third kappa shape index (κ3) is 8.84. The van der Waals surface area contributed by atoms with Gasteiger partial charge >= 0.3 is 6.09 Å². The number of nitrogens with one attached hydrogen (secondary N) is 1. The molecule has 0 aromatic heterocycles. The molecule has 0 radical (unpaired) electrons. The molecule has 0 fully saturated rings. The summed E-state index contributed by atoms with van der Waals surface area (Å²) >= 11 is 5.90. The van der Waals surface area contributed by atoms with Gasteiger partial charge in [0, 0.05) is 0 Å². The maximum atomic E-state index is 10.4. The molecule has 2 unspecified atom stereocenters. The molecule has 4 heteroatoms. The molecule has 0 heterocycles. The van der Waals surface area contributed by atoms with Crippen LogP contribution in [0, 0.1) is 5.92 Å². The van der Waals surface area contributed by atoms with Crippen LogP contribution in [-0.4, -0.2) is 16.7 Å². The molecule has 0 aromatic rings. The van der Waals surface area contributed by atoms with Crippen LogP contribution in [0.4, 0.5) is 4.79 Å². The van der Waals surface area contributed by atoms with Crippen molar-refractivity contribution < 1.29 is 9.90 Å². The van der Waals surface area contributed by atoms with Crippen LogP contribution in [0.5, 0.6) is 0 Å². The second-order valence-corrected chi connectivity index (χ2v) is 4.86. The fraction of sp³-hybridized carbons (Fsp3) is 0.917. The minimum Gasteiger partial charge on any atom is -0.465 e. The molecule has 2 N–H and O–H groups in total. The van der Waals surface area contributed by atoms with Crippen LogP contribution in [-0.2, 0) is 0 Å². The van der Waals surface area contributed by atoms with Crippen LogP contribution in [0.3, 0.4) is 0 Å². The molecule has 0 saturated carbocycles. The van der Waals surface area contributed by atoms with Crippen molar-refractivity contribution in [1.82, 2.24) is 5.32 Å². The Morgan fingerprint density at radius 2 is 1.81 bits per heavy atom. The Bertz CT molecular complexity index is 188. The van der Waals surface area contributed by atoms with Crippen LogP contribution in [0.1, 0.15) is 58.8 Å². The van der Waals surface area contributed by atoms with Gasteiger partial charge in [-0.15, -0.1) is 0 Å². The van der Waals surface area contributed by atoms with Gasteiger partial charge < -0.3 is 10.4 Å². The monoisotopic (exact) mass is 249 g/mol. The Labute approximate surface area is 104 Å². The highest BCUT2D eigenvalue weighted by atomic mass is 35.5. The molecular weight excluding hydrogens is 226 g/mol. The van der Waals surface area contributed by atoms with Crippen molar-refractivity contribution in [3.63, 3.8) is 0 Å². The van der Waals surface area contributed by atoms with Crippen molar-refractivity contribution in [2.24, 2.45) is 5.92 Å². The number of hydrogen-bond acceptors (Lipinski definition) is 1. The molecule has 3 nitrogen and oxygen atoms in total. The van der Waals surface area contributed by atoms with E-state index in [1.165, 1.54) is 32.1 Å². The SMILES string of the molecule is CCCCCCCCC(C)C(Cl)NC(=O)O. The summed E-state index contributed by atoms with van der Waals surface area (Å²) in [5.74, 6) is 0.198. The van der Waals surface area contributed by atoms with E-state index in [2.05, 4.69) is 12.2 Å². The predicted molar refractivity (Wildman–Crippen MR) is 68.0 cm³/mol. The summed E-state index contributed by atoms with van der Waals surface area (Å²) in [7, 11) is 0. The van der Waals surface area contributed by atoms with E-state index in [1.54, 1.807) is 0 Å². The number of hydrogen-bond donors (Lipinski definition) is 2. The van der Waals surface area contributed by atoms with Crippen LogP contribution in [0.2, 0.25) is 0 Å². The average Bonchev–Trinajstić information content (AvgIpc) is 2.21. The highest BCUT2D eigenvalue weighted by Gasteiger charge is 2.15. The van der Waals surface area contributed by atoms with Gasteiger partial charge in [-0.1, -0.05) is 64.0 Å². The lowest BCUT2D eigenvalue weighted by atomic mass is 10.0. The Hall–Kier alpha value is -0.440. The zero-order chi connectivity index (χ0) is 12.4. The summed E-state index contributed by atoms with van der Waals surface area (Å²) in [6.45, 7) is 4.19. The van der Waals surface area contributed by atoms with Crippen LogP contribution < -0.4 is 5.32 Å². The minimum absolute atomic E-state index is 0.198. The zero-order valence-electron chi connectivity index (χ0n) is 10.3. The normalized spacial score (nSPS) is 14.4. The number of unbranched alkanes of at least 4 members (excludes halogenated alkanes) is 5. The van der Waals surface area contributed by atoms with Gasteiger partial charge in [0.2, 0.25) is 0 Å². The van der Waals surface area contributed by atoms with Crippen molar-refractivity contribution in [1.29, 1.82) is 0 Å². The topological polar surface area (TPSA) is 49.3 Å². The zero-order valence-corrected chi connectivity index (χ0v) is 11.1. The Kier molecular flexibility index (Phi) is 9.49. The number of amides is 1. The van der Waals surface area contributed by atoms with Gasteiger partial charge in [0.05, 0.1) is 0 Å². The highest BCUT2D eigenvalue weighted by molar-refractivity contribution is 6.21. The molecule has 96 valence electrons. The number of carboxylic acid groups (broad SMARTS) is 1. The largest absolute Gasteiger partial charge is 0.465 e. The van der Waals surface area contributed by atoms with Gasteiger partial charge in [-0.05, 0) is 12.3 Å². The number of carbonyl (C=O) groups is 1. The first-order valence-electron chi connectivity index (χ1n) is 6.21. The van der Waals surface area contributed by atoms with Gasteiger partial charge in [-0.2, -0.15) is 0 Å². The summed E-state index contributed by atoms with van der Waals surface area (Å²) in [6.07, 6.45) is 7.46. The lowest BCUT2D eigenvalue weighted by Gasteiger charge is -2.17. The van der Waals surface area contributed by atoms with Gasteiger partial charge in [-0.25, -0.2) is 4.79 Å². The van der Waals surface area contributed by atoms with Gasteiger partial charge in [0.25, 0.3) is 0 Å². The molecule has 0 aromatic carbocycles. The maximum absolute atomic E-state index is 10.4. The number of alkyl halides is 1. The molecule has 0 aliphatic rings. The first-order chi connectivity index (χ1) is 7.57. The van der Waals surface area contributed by atoms with Crippen LogP contribution in [0.15, 0.2) is 0 Å². The molecule has 0 saturated heterocycles. The van der Waals surface area contributed by atoms with Crippen molar-refractivity contribution in [3.05, 3.63) is 0 Å². The molecule has 0 spiro atoms. The molecule has 1 amide bonds. The Morgan fingerprint density at radius 3 is 2.38 bits per heavy atom. The average molecular weight is 250 g/mol. The summed E-state index contributed by atoms with van der Waals surface area (Å²) in [5, 5.41) is 10.8. The van der Waals surface area contributed by atoms with Gasteiger partial charge in [-0.3, -0.25) is 0 Å². The van der Waals surface area contributed by atoms with E-state index in [0.717, 1.165) is 12.8 Å². The standard InChI is InChI=1S/C12H24ClNO2/c1-3-4-5-6-7-8-9-10(2)11(13)14-12(15)16/h10-11,14H,3-9H2,1-2H3,(H,15,16). The first kappa shape index (κ1) is 15.6. The molecular formula is C12H24ClNO2. The smallest absolute Gasteiger partial charge is 0.405 e. The van der Waals surface area contributed by atoms with Gasteiger partial charge in [0.15, 0.2) is 0 Å². The summed E-state index contributed by atoms with van der Waals surface area (Å²) < 4.78 is 0. The van der Waals surface area contributed by atoms with E-state index in [9.17, 15) is 4.79 Å². The fourth-order valence-corrected chi connectivity index (χ4v) is 1.87. The summed E-state index contributed by atoms with van der Waals surface area (Å²) in [6, 6.07) is 0. The maximum Gasteiger partial charge on any atom is 0.405 e. The molecule has 2 atom stereocenters. The third-order valence-corrected chi connectivity index (χ3v) is 3.31. The van der Waals surface area contributed by atoms with E-state index >= 15 is 0 Å². The van der Waals surface area contributed by atoms with Crippen LogP contribution in [0.25, 0.3) is 0 Å². The molecule has 0 bridgehead atoms. The first-order valence-corrected chi connectivity index (χ1v) is 6.65. The number of rotatable bonds is 9. The van der Waals surface area contributed by atoms with E-state index < -0.39 is 11.6 Å². The number of halogens is 1. The lowest BCUT2D eigenvalue weighted by Crippen LogP contribution is -2.34. The van der Waals surface area contributed by atoms with Crippen molar-refractivity contribution in [2.75, 3.05) is 0 Å². The third-order valence-electron chi connectivity index (χ3n) is 2.77. The van der Waals surface area contributed by atoms with Crippen molar-refractivity contribution in [3.8, 4) is 0 Å². The summed E-state index contributed by atoms with van der Waals surface area (Å²) in [4.78, 5) is 10.4. The molecule has 16 heavy (non-hydrogen) atoms. The lowest BCUT2D eigenvalue weighted by molar-refractivity contribution is 0.190. The van der Waals surface area contributed by atoms with Crippen molar-refractivity contribution in [2.45, 2.75) is 64.3 Å². The fourth-order valence-electron chi connectivity index (χ4n) is 1.65.